The van der Waals surface area contributed by atoms with Crippen molar-refractivity contribution in [3.8, 4) is 0 Å². The number of carbonyl (C=O) groups excluding carboxylic acids is 2. The van der Waals surface area contributed by atoms with Crippen LogP contribution in [0.1, 0.15) is 25.3 Å². The number of aromatic nitrogens is 1. The van der Waals surface area contributed by atoms with Gasteiger partial charge in [-0.2, -0.15) is 0 Å². The molecule has 0 unspecified atom stereocenters. The van der Waals surface area contributed by atoms with E-state index in [2.05, 4.69) is 47.0 Å². The van der Waals surface area contributed by atoms with Gasteiger partial charge in [-0.3, -0.25) is 14.6 Å². The molecular formula is C23H33N5O2. The maximum atomic E-state index is 13.3. The molecule has 1 spiro atoms. The first-order valence-electron chi connectivity index (χ1n) is 10.9. The predicted octanol–water partition coefficient (Wildman–Crippen LogP) is 2.36. The van der Waals surface area contributed by atoms with E-state index in [1.165, 1.54) is 21.4 Å². The van der Waals surface area contributed by atoms with Crippen molar-refractivity contribution < 1.29 is 9.59 Å². The average Bonchev–Trinajstić information content (AvgIpc) is 3.14. The molecule has 1 aromatic carbocycles. The summed E-state index contributed by atoms with van der Waals surface area (Å²) in [4.78, 5) is 34.0. The number of likely N-dealkylation sites (N-methyl/N-ethyl adjacent to an activating group) is 2. The lowest BCUT2D eigenvalue weighted by atomic mass is 9.85. The van der Waals surface area contributed by atoms with E-state index < -0.39 is 5.54 Å². The number of imide groups is 1. The summed E-state index contributed by atoms with van der Waals surface area (Å²) in [6.07, 6.45) is 3.61. The molecule has 0 atom stereocenters. The molecule has 0 bridgehead atoms. The van der Waals surface area contributed by atoms with E-state index in [4.69, 9.17) is 0 Å². The van der Waals surface area contributed by atoms with Crippen molar-refractivity contribution in [2.75, 3.05) is 46.8 Å². The molecule has 1 aromatic heterocycles. The minimum absolute atomic E-state index is 0.000936. The second-order valence-corrected chi connectivity index (χ2v) is 8.88. The number of aryl methyl sites for hydroxylation is 1. The van der Waals surface area contributed by atoms with Crippen LogP contribution in [0.4, 0.5) is 4.79 Å². The van der Waals surface area contributed by atoms with Gasteiger partial charge < -0.3 is 14.4 Å². The fourth-order valence-corrected chi connectivity index (χ4v) is 5.07. The molecule has 2 saturated heterocycles. The summed E-state index contributed by atoms with van der Waals surface area (Å²) in [6.45, 7) is 6.22. The van der Waals surface area contributed by atoms with Crippen molar-refractivity contribution >= 4 is 22.8 Å². The van der Waals surface area contributed by atoms with E-state index in [1.54, 1.807) is 0 Å². The van der Waals surface area contributed by atoms with Gasteiger partial charge in [-0.05, 0) is 45.5 Å². The SMILES string of the molecule is CCN1C(=O)N(CCN(C)C)C(=O)C12CCN(Cc1cn(C)c3ccccc13)CC2. The van der Waals surface area contributed by atoms with Crippen LogP contribution in [0.3, 0.4) is 0 Å². The van der Waals surface area contributed by atoms with Crippen LogP contribution in [-0.4, -0.2) is 88.5 Å². The van der Waals surface area contributed by atoms with Crippen molar-refractivity contribution in [2.45, 2.75) is 31.8 Å². The standard InChI is InChI=1S/C23H33N5O2/c1-5-28-22(30)27(15-14-24(2)3)21(29)23(28)10-12-26(13-11-23)17-18-16-25(4)20-9-7-6-8-19(18)20/h6-9,16H,5,10-15,17H2,1-4H3. The van der Waals surface area contributed by atoms with Gasteiger partial charge in [0.2, 0.25) is 0 Å². The van der Waals surface area contributed by atoms with Gasteiger partial charge in [0.25, 0.3) is 5.91 Å². The Morgan fingerprint density at radius 3 is 2.47 bits per heavy atom. The van der Waals surface area contributed by atoms with E-state index in [-0.39, 0.29) is 11.9 Å². The smallest absolute Gasteiger partial charge is 0.327 e. The number of likely N-dealkylation sites (tertiary alicyclic amines) is 1. The lowest BCUT2D eigenvalue weighted by molar-refractivity contribution is -0.135. The highest BCUT2D eigenvalue weighted by Crippen LogP contribution is 2.37. The lowest BCUT2D eigenvalue weighted by Crippen LogP contribution is -2.56. The molecule has 2 aliphatic heterocycles. The van der Waals surface area contributed by atoms with Gasteiger partial charge in [-0.15, -0.1) is 0 Å². The molecule has 30 heavy (non-hydrogen) atoms. The molecule has 3 amide bonds. The third-order valence-corrected chi connectivity index (χ3v) is 6.77. The van der Waals surface area contributed by atoms with Crippen LogP contribution in [0.2, 0.25) is 0 Å². The largest absolute Gasteiger partial charge is 0.350 e. The van der Waals surface area contributed by atoms with Gasteiger partial charge >= 0.3 is 6.03 Å². The number of urea groups is 1. The van der Waals surface area contributed by atoms with E-state index in [0.29, 0.717) is 32.5 Å². The Bertz CT molecular complexity index is 942. The monoisotopic (exact) mass is 411 g/mol. The van der Waals surface area contributed by atoms with E-state index in [9.17, 15) is 9.59 Å². The van der Waals surface area contributed by atoms with Crippen LogP contribution in [0.15, 0.2) is 30.5 Å². The highest BCUT2D eigenvalue weighted by Gasteiger charge is 2.57. The number of hydrogen-bond donors (Lipinski definition) is 0. The molecule has 2 fully saturated rings. The van der Waals surface area contributed by atoms with E-state index in [0.717, 1.165) is 19.6 Å². The van der Waals surface area contributed by atoms with Crippen molar-refractivity contribution in [3.05, 3.63) is 36.0 Å². The Kier molecular flexibility index (Phi) is 5.59. The molecule has 2 aromatic rings. The van der Waals surface area contributed by atoms with E-state index in [1.807, 2.05) is 30.8 Å². The average molecular weight is 412 g/mol. The van der Waals surface area contributed by atoms with Crippen molar-refractivity contribution in [2.24, 2.45) is 7.05 Å². The Hall–Kier alpha value is -2.38. The van der Waals surface area contributed by atoms with Crippen molar-refractivity contribution in [3.63, 3.8) is 0 Å². The summed E-state index contributed by atoms with van der Waals surface area (Å²) >= 11 is 0. The highest BCUT2D eigenvalue weighted by atomic mass is 16.2. The van der Waals surface area contributed by atoms with Crippen LogP contribution in [0.5, 0.6) is 0 Å². The zero-order valence-electron chi connectivity index (χ0n) is 18.6. The lowest BCUT2D eigenvalue weighted by Gasteiger charge is -2.41. The first-order valence-corrected chi connectivity index (χ1v) is 10.9. The van der Waals surface area contributed by atoms with E-state index >= 15 is 0 Å². The third-order valence-electron chi connectivity index (χ3n) is 6.77. The first kappa shape index (κ1) is 20.9. The second-order valence-electron chi connectivity index (χ2n) is 8.88. The van der Waals surface area contributed by atoms with Crippen LogP contribution >= 0.6 is 0 Å². The Morgan fingerprint density at radius 1 is 1.10 bits per heavy atom. The molecule has 0 saturated carbocycles. The molecule has 7 heteroatoms. The fourth-order valence-electron chi connectivity index (χ4n) is 5.07. The number of fused-ring (bicyclic) bond motifs is 1. The first-order chi connectivity index (χ1) is 14.4. The number of hydrogen-bond acceptors (Lipinski definition) is 4. The number of carbonyl (C=O) groups is 2. The minimum atomic E-state index is -0.659. The maximum absolute atomic E-state index is 13.3. The number of para-hydroxylation sites is 1. The topological polar surface area (TPSA) is 52.0 Å². The summed E-state index contributed by atoms with van der Waals surface area (Å²) < 4.78 is 2.18. The van der Waals surface area contributed by atoms with Gasteiger partial charge in [0.05, 0.1) is 0 Å². The molecule has 4 rings (SSSR count). The molecule has 0 N–H and O–H groups in total. The Labute approximate surface area is 178 Å². The number of piperidine rings is 1. The Morgan fingerprint density at radius 2 is 1.80 bits per heavy atom. The molecule has 0 aliphatic carbocycles. The second kappa shape index (κ2) is 8.04. The number of nitrogens with zero attached hydrogens (tertiary/aromatic N) is 5. The van der Waals surface area contributed by atoms with Gasteiger partial charge in [0.15, 0.2) is 0 Å². The molecule has 7 nitrogen and oxygen atoms in total. The molecular weight excluding hydrogens is 378 g/mol. The Balaban J connectivity index is 1.48. The normalized spacial score (nSPS) is 19.8. The van der Waals surface area contributed by atoms with Crippen LogP contribution in [-0.2, 0) is 18.4 Å². The number of amides is 3. The molecule has 2 aliphatic rings. The van der Waals surface area contributed by atoms with Crippen molar-refractivity contribution in [1.82, 2.24) is 24.2 Å². The fraction of sp³-hybridized carbons (Fsp3) is 0.565. The summed E-state index contributed by atoms with van der Waals surface area (Å²) in [6, 6.07) is 8.36. The van der Waals surface area contributed by atoms with Crippen molar-refractivity contribution in [1.29, 1.82) is 0 Å². The molecule has 3 heterocycles. The third kappa shape index (κ3) is 3.40. The van der Waals surface area contributed by atoms with Crippen LogP contribution < -0.4 is 0 Å². The number of benzene rings is 1. The zero-order valence-corrected chi connectivity index (χ0v) is 18.6. The molecule has 0 radical (unpaired) electrons. The molecule has 162 valence electrons. The van der Waals surface area contributed by atoms with Gasteiger partial charge in [-0.1, -0.05) is 18.2 Å². The van der Waals surface area contributed by atoms with Gasteiger partial charge in [-0.25, -0.2) is 4.79 Å². The predicted molar refractivity (Wildman–Crippen MR) is 118 cm³/mol. The van der Waals surface area contributed by atoms with Crippen LogP contribution in [0, 0.1) is 0 Å². The summed E-state index contributed by atoms with van der Waals surface area (Å²) in [5.41, 5.74) is 1.90. The maximum Gasteiger partial charge on any atom is 0.327 e. The minimum Gasteiger partial charge on any atom is -0.350 e. The summed E-state index contributed by atoms with van der Waals surface area (Å²) in [5, 5.41) is 1.29. The van der Waals surface area contributed by atoms with Gasteiger partial charge in [0, 0.05) is 63.4 Å². The van der Waals surface area contributed by atoms with Gasteiger partial charge in [0.1, 0.15) is 5.54 Å². The van der Waals surface area contributed by atoms with Crippen LogP contribution in [0.25, 0.3) is 10.9 Å². The zero-order chi connectivity index (χ0) is 21.5. The summed E-state index contributed by atoms with van der Waals surface area (Å²) in [7, 11) is 6.01. The quantitative estimate of drug-likeness (QED) is 0.685. The highest BCUT2D eigenvalue weighted by molar-refractivity contribution is 6.07. The summed E-state index contributed by atoms with van der Waals surface area (Å²) in [5.74, 6) is 0.000936. The number of rotatable bonds is 6.